The summed E-state index contributed by atoms with van der Waals surface area (Å²) < 4.78 is 0. The van der Waals surface area contributed by atoms with Crippen molar-refractivity contribution in [1.29, 1.82) is 0 Å². The first kappa shape index (κ1) is 22.2. The van der Waals surface area contributed by atoms with Gasteiger partial charge in [0.15, 0.2) is 0 Å². The Kier molecular flexibility index (Phi) is 5.53. The van der Waals surface area contributed by atoms with E-state index in [-0.39, 0.29) is 6.17 Å². The molecular formula is C33H25N5+2. The maximum atomic E-state index is 4.98. The number of fused-ring (bicyclic) bond motifs is 1. The minimum absolute atomic E-state index is 0.00185. The topological polar surface area (TPSA) is 67.7 Å². The molecule has 2 aliphatic rings. The number of nitrogens with zero attached hydrogens (tertiary/aromatic N) is 3. The molecule has 0 fully saturated rings. The lowest BCUT2D eigenvalue weighted by molar-refractivity contribution is -0.789. The number of aliphatic imine (C=N–C) groups is 1. The van der Waals surface area contributed by atoms with Crippen LogP contribution in [0, 0.1) is 0 Å². The van der Waals surface area contributed by atoms with Gasteiger partial charge in [-0.3, -0.25) is 0 Å². The monoisotopic (exact) mass is 491 g/mol. The summed E-state index contributed by atoms with van der Waals surface area (Å²) in [4.78, 5) is 8.63. The predicted octanol–water partition coefficient (Wildman–Crippen LogP) is 4.82. The molecule has 1 unspecified atom stereocenters. The Hall–Kier alpha value is -5.00. The molecule has 0 saturated heterocycles. The third-order valence-electron chi connectivity index (χ3n) is 7.09. The molecule has 3 N–H and O–H groups in total. The van der Waals surface area contributed by atoms with E-state index in [1.165, 1.54) is 27.5 Å². The minimum atomic E-state index is 0.00185. The van der Waals surface area contributed by atoms with Crippen molar-refractivity contribution in [2.75, 3.05) is 0 Å². The van der Waals surface area contributed by atoms with E-state index in [2.05, 4.69) is 118 Å². The lowest BCUT2D eigenvalue weighted by Crippen LogP contribution is -3.05. The van der Waals surface area contributed by atoms with Crippen molar-refractivity contribution in [3.8, 4) is 11.1 Å². The lowest BCUT2D eigenvalue weighted by Gasteiger charge is -2.15. The van der Waals surface area contributed by atoms with Crippen molar-refractivity contribution in [2.24, 2.45) is 15.2 Å². The average Bonchev–Trinajstić information content (AvgIpc) is 2.97. The number of quaternary nitrogens is 1. The van der Waals surface area contributed by atoms with Gasteiger partial charge in [-0.05, 0) is 58.3 Å². The van der Waals surface area contributed by atoms with Gasteiger partial charge in [0.25, 0.3) is 6.17 Å². The highest BCUT2D eigenvalue weighted by atomic mass is 15.2. The van der Waals surface area contributed by atoms with E-state index in [0.29, 0.717) is 0 Å². The quantitative estimate of drug-likeness (QED) is 0.354. The highest BCUT2D eigenvalue weighted by molar-refractivity contribution is 6.06. The molecule has 38 heavy (non-hydrogen) atoms. The normalized spacial score (nSPS) is 16.4. The fourth-order valence-electron chi connectivity index (χ4n) is 5.11. The number of benzene rings is 5. The largest absolute Gasteiger partial charge is 0.343 e. The molecule has 5 aromatic carbocycles. The van der Waals surface area contributed by atoms with Crippen LogP contribution >= 0.6 is 0 Å². The molecule has 5 aromatic rings. The van der Waals surface area contributed by atoms with E-state index in [4.69, 9.17) is 4.99 Å². The van der Waals surface area contributed by atoms with Gasteiger partial charge in [-0.2, -0.15) is 5.11 Å². The van der Waals surface area contributed by atoms with Gasteiger partial charge < -0.3 is 0 Å². The minimum Gasteiger partial charge on any atom is -0.233 e. The molecule has 0 radical (unpaired) electrons. The number of amidine groups is 2. The molecule has 0 saturated carbocycles. The van der Waals surface area contributed by atoms with Crippen molar-refractivity contribution in [2.45, 2.75) is 6.17 Å². The Balaban J connectivity index is 1.25. The second kappa shape index (κ2) is 9.47. The van der Waals surface area contributed by atoms with Gasteiger partial charge in [0.1, 0.15) is 5.70 Å². The zero-order valence-electron chi connectivity index (χ0n) is 20.6. The molecule has 2 heterocycles. The summed E-state index contributed by atoms with van der Waals surface area (Å²) in [6.45, 7) is 0. The second-order valence-corrected chi connectivity index (χ2v) is 9.42. The molecule has 0 bridgehead atoms. The Labute approximate surface area is 220 Å². The van der Waals surface area contributed by atoms with Crippen LogP contribution in [0.2, 0.25) is 0 Å². The van der Waals surface area contributed by atoms with E-state index in [9.17, 15) is 0 Å². The first-order valence-corrected chi connectivity index (χ1v) is 12.7. The first-order chi connectivity index (χ1) is 18.8. The SMILES string of the molecule is C1=C(c2ccc(-c3ccc(C4[NH+]=C(c5ccccc5)N=C(c5ccccc5)[NH2+]4)cc3)c3ccccc23)N=N1. The van der Waals surface area contributed by atoms with Crippen molar-refractivity contribution >= 4 is 28.1 Å². The fraction of sp³-hybridized carbons (Fsp3) is 0.0303. The number of nitrogens with one attached hydrogen (secondary N) is 1. The van der Waals surface area contributed by atoms with Crippen LogP contribution < -0.4 is 10.3 Å². The van der Waals surface area contributed by atoms with Crippen molar-refractivity contribution in [1.82, 2.24) is 0 Å². The summed E-state index contributed by atoms with van der Waals surface area (Å²) in [5.74, 6) is 1.85. The Morgan fingerprint density at radius 2 is 1.18 bits per heavy atom. The van der Waals surface area contributed by atoms with E-state index in [1.54, 1.807) is 0 Å². The zero-order valence-corrected chi connectivity index (χ0v) is 20.6. The van der Waals surface area contributed by atoms with E-state index in [1.807, 2.05) is 30.5 Å². The first-order valence-electron chi connectivity index (χ1n) is 12.7. The maximum Gasteiger partial charge on any atom is 0.343 e. The Morgan fingerprint density at radius 1 is 0.579 bits per heavy atom. The smallest absolute Gasteiger partial charge is 0.233 e. The van der Waals surface area contributed by atoms with Crippen LogP contribution in [0.3, 0.4) is 0 Å². The van der Waals surface area contributed by atoms with Crippen LogP contribution in [0.5, 0.6) is 0 Å². The van der Waals surface area contributed by atoms with Gasteiger partial charge in [-0.1, -0.05) is 84.9 Å². The van der Waals surface area contributed by atoms with E-state index >= 15 is 0 Å². The highest BCUT2D eigenvalue weighted by Gasteiger charge is 2.31. The summed E-state index contributed by atoms with van der Waals surface area (Å²) in [6.07, 6.45) is 1.82. The van der Waals surface area contributed by atoms with Crippen molar-refractivity contribution < 1.29 is 10.3 Å². The summed E-state index contributed by atoms with van der Waals surface area (Å²) in [7, 11) is 0. The fourth-order valence-corrected chi connectivity index (χ4v) is 5.11. The van der Waals surface area contributed by atoms with Crippen LogP contribution in [-0.2, 0) is 0 Å². The van der Waals surface area contributed by atoms with Crippen molar-refractivity contribution in [3.05, 3.63) is 150 Å². The number of rotatable bonds is 5. The van der Waals surface area contributed by atoms with Crippen molar-refractivity contribution in [3.63, 3.8) is 0 Å². The second-order valence-electron chi connectivity index (χ2n) is 9.42. The number of hydrogen-bond acceptors (Lipinski definition) is 3. The van der Waals surface area contributed by atoms with Crippen LogP contribution in [0.1, 0.15) is 28.4 Å². The Morgan fingerprint density at radius 3 is 1.84 bits per heavy atom. The van der Waals surface area contributed by atoms with Crippen LogP contribution in [0.25, 0.3) is 27.6 Å². The third-order valence-corrected chi connectivity index (χ3v) is 7.09. The molecule has 7 rings (SSSR count). The van der Waals surface area contributed by atoms with Crippen LogP contribution in [0.4, 0.5) is 0 Å². The summed E-state index contributed by atoms with van der Waals surface area (Å²) in [6, 6.07) is 42.4. The molecule has 0 spiro atoms. The zero-order chi connectivity index (χ0) is 25.3. The van der Waals surface area contributed by atoms with Gasteiger partial charge in [0.05, 0.1) is 22.9 Å². The number of hydrogen-bond donors (Lipinski definition) is 2. The van der Waals surface area contributed by atoms with E-state index < -0.39 is 0 Å². The van der Waals surface area contributed by atoms with Gasteiger partial charge in [-0.25, -0.2) is 10.3 Å². The van der Waals surface area contributed by atoms with Gasteiger partial charge >= 0.3 is 11.7 Å². The molecule has 0 aliphatic carbocycles. The molecule has 0 amide bonds. The molecule has 5 nitrogen and oxygen atoms in total. The number of azo groups is 1. The Bertz CT molecular complexity index is 1770. The molecule has 1 atom stereocenters. The van der Waals surface area contributed by atoms with Gasteiger partial charge in [-0.15, -0.1) is 5.11 Å². The summed E-state index contributed by atoms with van der Waals surface area (Å²) in [5, 5.41) is 12.7. The summed E-state index contributed by atoms with van der Waals surface area (Å²) in [5.41, 5.74) is 7.81. The molecular weight excluding hydrogens is 466 g/mol. The number of nitrogens with two attached hydrogens (primary N) is 1. The van der Waals surface area contributed by atoms with Gasteiger partial charge in [0.2, 0.25) is 0 Å². The summed E-state index contributed by atoms with van der Waals surface area (Å²) >= 11 is 0. The third kappa shape index (κ3) is 4.05. The van der Waals surface area contributed by atoms with Crippen LogP contribution in [-0.4, -0.2) is 11.7 Å². The molecule has 180 valence electrons. The molecule has 2 aliphatic heterocycles. The van der Waals surface area contributed by atoms with E-state index in [0.717, 1.165) is 34.1 Å². The van der Waals surface area contributed by atoms with Crippen LogP contribution in [0.15, 0.2) is 143 Å². The standard InChI is InChI=1S/C33H23N5/c1-3-9-23(10-4-1)31-35-32(24-11-5-2-6-12-24)37-33(36-31)25-17-15-22(16-18-25)26-19-20-29(30-21-34-38-30)28-14-8-7-13-27(26)28/h1-21,33H,(H,35,36,37)/p+2. The maximum absolute atomic E-state index is 4.98. The molecule has 5 heteroatoms. The average molecular weight is 492 g/mol. The van der Waals surface area contributed by atoms with Gasteiger partial charge in [0, 0.05) is 10.6 Å². The highest BCUT2D eigenvalue weighted by Crippen LogP contribution is 2.35. The lowest BCUT2D eigenvalue weighted by atomic mass is 9.93. The molecule has 0 aromatic heterocycles. The predicted molar refractivity (Wildman–Crippen MR) is 151 cm³/mol.